The monoisotopic (exact) mass is 403 g/mol. The molecular formula is C20H19ClFN3O3. The van der Waals surface area contributed by atoms with E-state index >= 15 is 0 Å². The highest BCUT2D eigenvalue weighted by atomic mass is 35.5. The first-order chi connectivity index (χ1) is 13.2. The number of nitrogens with one attached hydrogen (secondary N) is 2. The number of carbonyl (C=O) groups excluding carboxylic acids is 2. The molecule has 0 spiro atoms. The van der Waals surface area contributed by atoms with Gasteiger partial charge in [0, 0.05) is 5.56 Å². The fourth-order valence-corrected chi connectivity index (χ4v) is 2.88. The zero-order valence-electron chi connectivity index (χ0n) is 15.3. The zero-order valence-corrected chi connectivity index (χ0v) is 16.0. The predicted octanol–water partition coefficient (Wildman–Crippen LogP) is 3.34. The van der Waals surface area contributed by atoms with E-state index < -0.39 is 29.7 Å². The number of hydrogen-bond donors (Lipinski definition) is 3. The molecule has 0 bridgehead atoms. The second kappa shape index (κ2) is 9.31. The summed E-state index contributed by atoms with van der Waals surface area (Å²) in [6.45, 7) is 10.3. The number of hydrazine groups is 1. The third kappa shape index (κ3) is 5.06. The van der Waals surface area contributed by atoms with Gasteiger partial charge in [0.05, 0.1) is 23.6 Å². The molecule has 3 N–H and O–H groups in total. The Morgan fingerprint density at radius 2 is 2.00 bits per heavy atom. The lowest BCUT2D eigenvalue weighted by molar-refractivity contribution is -0.128. The van der Waals surface area contributed by atoms with Crippen LogP contribution < -0.4 is 10.9 Å². The van der Waals surface area contributed by atoms with Gasteiger partial charge in [0.2, 0.25) is 11.6 Å². The van der Waals surface area contributed by atoms with E-state index in [0.29, 0.717) is 21.8 Å². The average Bonchev–Trinajstić information content (AvgIpc) is 2.66. The van der Waals surface area contributed by atoms with Gasteiger partial charge in [0.25, 0.3) is 5.91 Å². The molecule has 28 heavy (non-hydrogen) atoms. The Labute approximate surface area is 167 Å². The van der Waals surface area contributed by atoms with Crippen LogP contribution in [0.15, 0.2) is 36.4 Å². The lowest BCUT2D eigenvalue weighted by atomic mass is 9.91. The molecule has 2 atom stereocenters. The molecule has 0 saturated carbocycles. The lowest BCUT2D eigenvalue weighted by Crippen LogP contribution is -2.47. The van der Waals surface area contributed by atoms with Crippen molar-refractivity contribution in [2.24, 2.45) is 5.92 Å². The fourth-order valence-electron chi connectivity index (χ4n) is 2.65. The van der Waals surface area contributed by atoms with E-state index in [1.165, 1.54) is 25.1 Å². The number of aliphatic hydroxyl groups is 1. The van der Waals surface area contributed by atoms with Gasteiger partial charge < -0.3 is 5.11 Å². The first-order valence-electron chi connectivity index (χ1n) is 8.43. The van der Waals surface area contributed by atoms with Crippen LogP contribution in [0.5, 0.6) is 0 Å². The summed E-state index contributed by atoms with van der Waals surface area (Å²) in [5.74, 6) is -2.74. The smallest absolute Gasteiger partial charge is 0.269 e. The topological polar surface area (TPSA) is 82.8 Å². The van der Waals surface area contributed by atoms with E-state index in [2.05, 4.69) is 15.7 Å². The SMILES string of the molecule is [C-]#[N+]c1ccc(C[C@@H](C(=O)NNC(=O)c2cccc(F)c2)[C@H](C)O)c(C)c1Cl. The van der Waals surface area contributed by atoms with E-state index in [-0.39, 0.29) is 12.0 Å². The highest BCUT2D eigenvalue weighted by Crippen LogP contribution is 2.31. The second-order valence-corrected chi connectivity index (χ2v) is 6.68. The number of aliphatic hydroxyl groups excluding tert-OH is 1. The Morgan fingerprint density at radius 3 is 2.61 bits per heavy atom. The molecule has 2 rings (SSSR count). The summed E-state index contributed by atoms with van der Waals surface area (Å²) >= 11 is 6.16. The molecule has 0 saturated heterocycles. The molecule has 0 heterocycles. The minimum absolute atomic E-state index is 0.0475. The van der Waals surface area contributed by atoms with Crippen molar-refractivity contribution in [1.29, 1.82) is 0 Å². The molecule has 0 fully saturated rings. The van der Waals surface area contributed by atoms with E-state index in [4.69, 9.17) is 18.2 Å². The van der Waals surface area contributed by atoms with Gasteiger partial charge in [-0.2, -0.15) is 0 Å². The predicted molar refractivity (Wildman–Crippen MR) is 103 cm³/mol. The Bertz CT molecular complexity index is 941. The summed E-state index contributed by atoms with van der Waals surface area (Å²) in [7, 11) is 0. The largest absolute Gasteiger partial charge is 0.393 e. The fraction of sp³-hybridized carbons (Fsp3) is 0.250. The van der Waals surface area contributed by atoms with Crippen LogP contribution in [0, 0.1) is 25.2 Å². The Morgan fingerprint density at radius 1 is 1.29 bits per heavy atom. The summed E-state index contributed by atoms with van der Waals surface area (Å²) in [4.78, 5) is 27.8. The number of nitrogens with zero attached hydrogens (tertiary/aromatic N) is 1. The van der Waals surface area contributed by atoms with Gasteiger partial charge in [-0.05, 0) is 49.6 Å². The first-order valence-corrected chi connectivity index (χ1v) is 8.81. The van der Waals surface area contributed by atoms with Crippen LogP contribution >= 0.6 is 11.6 Å². The highest BCUT2D eigenvalue weighted by Gasteiger charge is 2.26. The number of halogens is 2. The maximum absolute atomic E-state index is 13.2. The quantitative estimate of drug-likeness (QED) is 0.529. The zero-order chi connectivity index (χ0) is 20.8. The Hall–Kier alpha value is -2.95. The van der Waals surface area contributed by atoms with Crippen molar-refractivity contribution in [2.45, 2.75) is 26.4 Å². The Kier molecular flexibility index (Phi) is 7.10. The van der Waals surface area contributed by atoms with Crippen LogP contribution in [-0.2, 0) is 11.2 Å². The molecular weight excluding hydrogens is 385 g/mol. The molecule has 0 aliphatic rings. The van der Waals surface area contributed by atoms with Gasteiger partial charge >= 0.3 is 0 Å². The molecule has 2 amide bonds. The standard InChI is InChI=1S/C20H19ClFN3O3/c1-11-13(7-8-17(23-3)18(11)21)10-16(12(2)26)20(28)25-24-19(27)14-5-4-6-15(22)9-14/h4-9,12,16,26H,10H2,1-2H3,(H,24,27)(H,25,28)/t12-,16+/m0/s1. The summed E-state index contributed by atoms with van der Waals surface area (Å²) < 4.78 is 13.2. The van der Waals surface area contributed by atoms with Crippen LogP contribution in [0.1, 0.15) is 28.4 Å². The molecule has 0 aliphatic heterocycles. The molecule has 0 unspecified atom stereocenters. The number of benzene rings is 2. The maximum atomic E-state index is 13.2. The summed E-state index contributed by atoms with van der Waals surface area (Å²) in [5.41, 5.74) is 6.18. The van der Waals surface area contributed by atoms with Crippen molar-refractivity contribution in [3.05, 3.63) is 75.3 Å². The number of carbonyl (C=O) groups is 2. The van der Waals surface area contributed by atoms with Crippen molar-refractivity contribution in [3.63, 3.8) is 0 Å². The summed E-state index contributed by atoms with van der Waals surface area (Å²) in [5, 5.41) is 10.3. The number of hydrogen-bond acceptors (Lipinski definition) is 3. The molecule has 6 nitrogen and oxygen atoms in total. The number of amides is 2. The van der Waals surface area contributed by atoms with Crippen molar-refractivity contribution in [3.8, 4) is 0 Å². The van der Waals surface area contributed by atoms with Gasteiger partial charge in [-0.1, -0.05) is 29.8 Å². The number of rotatable bonds is 5. The van der Waals surface area contributed by atoms with Crippen molar-refractivity contribution in [1.82, 2.24) is 10.9 Å². The van der Waals surface area contributed by atoms with Crippen molar-refractivity contribution >= 4 is 29.1 Å². The summed E-state index contributed by atoms with van der Waals surface area (Å²) in [6.07, 6.45) is -0.854. The van der Waals surface area contributed by atoms with Crippen LogP contribution in [0.4, 0.5) is 10.1 Å². The molecule has 0 radical (unpaired) electrons. The molecule has 0 aliphatic carbocycles. The summed E-state index contributed by atoms with van der Waals surface area (Å²) in [6, 6.07) is 8.26. The Balaban J connectivity index is 2.09. The van der Waals surface area contributed by atoms with Crippen molar-refractivity contribution < 1.29 is 19.1 Å². The average molecular weight is 404 g/mol. The van der Waals surface area contributed by atoms with E-state index in [0.717, 1.165) is 6.07 Å². The molecule has 2 aromatic rings. The van der Waals surface area contributed by atoms with E-state index in [9.17, 15) is 19.1 Å². The van der Waals surface area contributed by atoms with Gasteiger partial charge in [-0.25, -0.2) is 9.24 Å². The van der Waals surface area contributed by atoms with Gasteiger partial charge in [-0.15, -0.1) is 0 Å². The van der Waals surface area contributed by atoms with Crippen LogP contribution in [-0.4, -0.2) is 23.0 Å². The maximum Gasteiger partial charge on any atom is 0.269 e. The second-order valence-electron chi connectivity index (χ2n) is 6.30. The van der Waals surface area contributed by atoms with E-state index in [1.807, 2.05) is 0 Å². The van der Waals surface area contributed by atoms with Crippen LogP contribution in [0.25, 0.3) is 4.85 Å². The van der Waals surface area contributed by atoms with Gasteiger partial charge in [-0.3, -0.25) is 20.4 Å². The van der Waals surface area contributed by atoms with Crippen LogP contribution in [0.3, 0.4) is 0 Å². The molecule has 8 heteroatoms. The van der Waals surface area contributed by atoms with E-state index in [1.54, 1.807) is 19.1 Å². The molecule has 0 aromatic heterocycles. The molecule has 146 valence electrons. The lowest BCUT2D eigenvalue weighted by Gasteiger charge is -2.21. The van der Waals surface area contributed by atoms with Crippen molar-refractivity contribution in [2.75, 3.05) is 0 Å². The van der Waals surface area contributed by atoms with Gasteiger partial charge in [0.15, 0.2) is 0 Å². The minimum atomic E-state index is -1.01. The third-order valence-electron chi connectivity index (χ3n) is 4.34. The molecule has 2 aromatic carbocycles. The van der Waals surface area contributed by atoms with Crippen LogP contribution in [0.2, 0.25) is 5.02 Å². The highest BCUT2D eigenvalue weighted by molar-refractivity contribution is 6.34. The first kappa shape index (κ1) is 21.4. The normalized spacial score (nSPS) is 12.6. The van der Waals surface area contributed by atoms with Gasteiger partial charge in [0.1, 0.15) is 5.82 Å². The minimum Gasteiger partial charge on any atom is -0.393 e. The third-order valence-corrected chi connectivity index (χ3v) is 4.82.